The van der Waals surface area contributed by atoms with E-state index < -0.39 is 11.5 Å². The van der Waals surface area contributed by atoms with E-state index in [4.69, 9.17) is 11.6 Å². The summed E-state index contributed by atoms with van der Waals surface area (Å²) in [6.07, 6.45) is 3.07. The number of hydrogen-bond acceptors (Lipinski definition) is 6. The second kappa shape index (κ2) is 7.07. The second-order valence-electron chi connectivity index (χ2n) is 6.88. The molecule has 140 valence electrons. The maximum Gasteiger partial charge on any atom is 0.256 e. The van der Waals surface area contributed by atoms with Gasteiger partial charge in [-0.05, 0) is 38.0 Å². The third kappa shape index (κ3) is 3.63. The molecule has 1 aliphatic carbocycles. The maximum atomic E-state index is 12.5. The van der Waals surface area contributed by atoms with Crippen LogP contribution in [0.3, 0.4) is 0 Å². The van der Waals surface area contributed by atoms with Gasteiger partial charge in [-0.25, -0.2) is 9.97 Å². The number of pyridine rings is 1. The Labute approximate surface area is 165 Å². The van der Waals surface area contributed by atoms with Gasteiger partial charge in [0, 0.05) is 23.8 Å². The highest BCUT2D eigenvalue weighted by Gasteiger charge is 2.39. The van der Waals surface area contributed by atoms with Crippen molar-refractivity contribution in [2.75, 3.05) is 5.32 Å². The number of carbonyl (C=O) groups excluding carboxylic acids is 1. The molecule has 1 aliphatic rings. The van der Waals surface area contributed by atoms with Gasteiger partial charge in [0.05, 0.1) is 10.2 Å². The minimum Gasteiger partial charge on any atom is -0.375 e. The van der Waals surface area contributed by atoms with Gasteiger partial charge in [0.25, 0.3) is 5.91 Å². The molecule has 2 heterocycles. The van der Waals surface area contributed by atoms with Crippen LogP contribution in [-0.4, -0.2) is 33.1 Å². The molecule has 1 fully saturated rings. The number of para-hydroxylation sites is 1. The highest BCUT2D eigenvalue weighted by molar-refractivity contribution is 7.22. The molecule has 8 heteroatoms. The largest absolute Gasteiger partial charge is 0.375 e. The minimum atomic E-state index is -1.73. The number of anilines is 1. The summed E-state index contributed by atoms with van der Waals surface area (Å²) in [4.78, 5) is 21.0. The molecule has 1 saturated carbocycles. The average Bonchev–Trinajstić information content (AvgIpc) is 3.02. The summed E-state index contributed by atoms with van der Waals surface area (Å²) in [5.74, 6) is -0.471. The molecule has 3 N–H and O–H groups in total. The van der Waals surface area contributed by atoms with Crippen molar-refractivity contribution in [2.24, 2.45) is 0 Å². The summed E-state index contributed by atoms with van der Waals surface area (Å²) in [5, 5.41) is 17.9. The van der Waals surface area contributed by atoms with Crippen LogP contribution >= 0.6 is 22.9 Å². The summed E-state index contributed by atoms with van der Waals surface area (Å²) in [6, 6.07) is 11.5. The molecule has 1 aromatic carbocycles. The van der Waals surface area contributed by atoms with Gasteiger partial charge in [0.1, 0.15) is 5.15 Å². The number of hydrogen-bond donors (Lipinski definition) is 3. The number of aliphatic hydroxyl groups is 1. The number of halogens is 1. The zero-order valence-electron chi connectivity index (χ0n) is 14.6. The summed E-state index contributed by atoms with van der Waals surface area (Å²) in [7, 11) is 0. The average molecular weight is 403 g/mol. The molecule has 0 unspecified atom stereocenters. The lowest BCUT2D eigenvalue weighted by Gasteiger charge is -2.37. The van der Waals surface area contributed by atoms with Crippen molar-refractivity contribution in [3.63, 3.8) is 0 Å². The first-order valence-electron chi connectivity index (χ1n) is 8.70. The van der Waals surface area contributed by atoms with Crippen molar-refractivity contribution in [1.29, 1.82) is 0 Å². The molecular weight excluding hydrogens is 384 g/mol. The maximum absolute atomic E-state index is 12.5. The highest BCUT2D eigenvalue weighted by atomic mass is 35.5. The number of rotatable bonds is 5. The molecule has 0 aliphatic heterocycles. The quantitative estimate of drug-likeness (QED) is 0.570. The van der Waals surface area contributed by atoms with Crippen LogP contribution in [0.25, 0.3) is 10.2 Å². The van der Waals surface area contributed by atoms with Gasteiger partial charge in [-0.1, -0.05) is 41.1 Å². The smallest absolute Gasteiger partial charge is 0.256 e. The van der Waals surface area contributed by atoms with Crippen LogP contribution in [0.5, 0.6) is 0 Å². The Hall–Kier alpha value is -2.22. The Morgan fingerprint density at radius 1 is 1.26 bits per heavy atom. The van der Waals surface area contributed by atoms with Gasteiger partial charge >= 0.3 is 0 Å². The second-order valence-corrected chi connectivity index (χ2v) is 8.27. The van der Waals surface area contributed by atoms with Crippen molar-refractivity contribution >= 4 is 44.2 Å². The first-order chi connectivity index (χ1) is 12.9. The first kappa shape index (κ1) is 18.2. The van der Waals surface area contributed by atoms with Crippen LogP contribution in [0.1, 0.15) is 25.3 Å². The van der Waals surface area contributed by atoms with Crippen LogP contribution in [-0.2, 0) is 10.4 Å². The van der Waals surface area contributed by atoms with Gasteiger partial charge < -0.3 is 15.7 Å². The molecular formula is C19H19ClN4O2S. The SMILES string of the molecule is C[C@@](O)(C(=O)NC1CC(Nc2nc3ccccc3s2)C1)c1cccnc1Cl. The number of thiazole rings is 1. The van der Waals surface area contributed by atoms with Crippen LogP contribution in [0.2, 0.25) is 5.15 Å². The molecule has 27 heavy (non-hydrogen) atoms. The standard InChI is InChI=1S/C19H19ClN4O2S/c1-19(26,13-5-4-8-21-16(13)20)17(25)22-11-9-12(10-11)23-18-24-14-6-2-3-7-15(14)27-18/h2-8,11-12,26H,9-10H2,1H3,(H,22,25)(H,23,24)/t11?,12?,19-/m0/s1. The van der Waals surface area contributed by atoms with Gasteiger partial charge in [0.2, 0.25) is 0 Å². The lowest BCUT2D eigenvalue weighted by molar-refractivity contribution is -0.140. The molecule has 2 aromatic heterocycles. The molecule has 0 bridgehead atoms. The Bertz CT molecular complexity index is 952. The van der Waals surface area contributed by atoms with E-state index in [2.05, 4.69) is 20.6 Å². The zero-order valence-corrected chi connectivity index (χ0v) is 16.2. The van der Waals surface area contributed by atoms with E-state index in [1.165, 1.54) is 13.1 Å². The van der Waals surface area contributed by atoms with Crippen molar-refractivity contribution < 1.29 is 9.90 Å². The van der Waals surface area contributed by atoms with Crippen molar-refractivity contribution in [1.82, 2.24) is 15.3 Å². The lowest BCUT2D eigenvalue weighted by atomic mass is 9.85. The molecule has 0 radical (unpaired) electrons. The fourth-order valence-corrected chi connectivity index (χ4v) is 4.41. The van der Waals surface area contributed by atoms with E-state index in [0.717, 1.165) is 28.2 Å². The minimum absolute atomic E-state index is 0.00583. The molecule has 6 nitrogen and oxygen atoms in total. The molecule has 1 atom stereocenters. The number of nitrogens with one attached hydrogen (secondary N) is 2. The van der Waals surface area contributed by atoms with Crippen LogP contribution in [0.15, 0.2) is 42.6 Å². The number of nitrogens with zero attached hydrogens (tertiary/aromatic N) is 2. The zero-order chi connectivity index (χ0) is 19.0. The van der Waals surface area contributed by atoms with Crippen LogP contribution in [0, 0.1) is 0 Å². The predicted octanol–water partition coefficient (Wildman–Crippen LogP) is 3.31. The van der Waals surface area contributed by atoms with Crippen molar-refractivity contribution in [3.8, 4) is 0 Å². The van der Waals surface area contributed by atoms with Crippen LogP contribution < -0.4 is 10.6 Å². The van der Waals surface area contributed by atoms with E-state index in [-0.39, 0.29) is 17.2 Å². The molecule has 3 aromatic rings. The van der Waals surface area contributed by atoms with E-state index >= 15 is 0 Å². The summed E-state index contributed by atoms with van der Waals surface area (Å²) in [5.41, 5.74) is -0.442. The van der Waals surface area contributed by atoms with Crippen molar-refractivity contribution in [3.05, 3.63) is 53.3 Å². The number of benzene rings is 1. The number of fused-ring (bicyclic) bond motifs is 1. The van der Waals surface area contributed by atoms with Gasteiger partial charge in [0.15, 0.2) is 10.7 Å². The Morgan fingerprint density at radius 3 is 2.78 bits per heavy atom. The van der Waals surface area contributed by atoms with E-state index in [1.54, 1.807) is 23.5 Å². The molecule has 1 amide bonds. The van der Waals surface area contributed by atoms with E-state index in [1.807, 2.05) is 24.3 Å². The molecule has 0 spiro atoms. The summed E-state index contributed by atoms with van der Waals surface area (Å²) < 4.78 is 1.15. The number of amides is 1. The normalized spacial score (nSPS) is 21.3. The number of carbonyl (C=O) groups is 1. The fourth-order valence-electron chi connectivity index (χ4n) is 3.16. The first-order valence-corrected chi connectivity index (χ1v) is 9.89. The molecule has 0 saturated heterocycles. The monoisotopic (exact) mass is 402 g/mol. The summed E-state index contributed by atoms with van der Waals surface area (Å²) >= 11 is 7.64. The van der Waals surface area contributed by atoms with Gasteiger partial charge in [-0.2, -0.15) is 0 Å². The van der Waals surface area contributed by atoms with E-state index in [0.29, 0.717) is 5.56 Å². The van der Waals surface area contributed by atoms with E-state index in [9.17, 15) is 9.90 Å². The summed E-state index contributed by atoms with van der Waals surface area (Å²) in [6.45, 7) is 1.43. The molecule has 4 rings (SSSR count). The number of aromatic nitrogens is 2. The highest BCUT2D eigenvalue weighted by Crippen LogP contribution is 2.31. The fraction of sp³-hybridized carbons (Fsp3) is 0.316. The Morgan fingerprint density at radius 2 is 2.04 bits per heavy atom. The lowest BCUT2D eigenvalue weighted by Crippen LogP contribution is -2.54. The Kier molecular flexibility index (Phi) is 4.75. The third-order valence-corrected chi connectivity index (χ3v) is 6.09. The topological polar surface area (TPSA) is 87.1 Å². The van der Waals surface area contributed by atoms with Crippen LogP contribution in [0.4, 0.5) is 5.13 Å². The van der Waals surface area contributed by atoms with Crippen molar-refractivity contribution in [2.45, 2.75) is 37.5 Å². The predicted molar refractivity (Wildman–Crippen MR) is 107 cm³/mol. The van der Waals surface area contributed by atoms with Gasteiger partial charge in [-0.15, -0.1) is 0 Å². The Balaban J connectivity index is 1.33. The third-order valence-electron chi connectivity index (χ3n) is 4.82. The van der Waals surface area contributed by atoms with Gasteiger partial charge in [-0.3, -0.25) is 4.79 Å².